The molecular weight excluding hydrogens is 358 g/mol. The van der Waals surface area contributed by atoms with E-state index in [-0.39, 0.29) is 18.1 Å². The van der Waals surface area contributed by atoms with Gasteiger partial charge in [-0.15, -0.1) is 5.10 Å². The molecule has 0 aliphatic carbocycles. The predicted octanol–water partition coefficient (Wildman–Crippen LogP) is 1.02. The Kier molecular flexibility index (Phi) is 4.23. The number of ether oxygens (including phenoxy) is 4. The van der Waals surface area contributed by atoms with Crippen LogP contribution in [0.2, 0.25) is 0 Å². The van der Waals surface area contributed by atoms with Crippen LogP contribution in [0.25, 0.3) is 0 Å². The van der Waals surface area contributed by atoms with Crippen LogP contribution in [-0.2, 0) is 23.7 Å². The number of rotatable bonds is 4. The van der Waals surface area contributed by atoms with Crippen LogP contribution in [-0.4, -0.2) is 56.7 Å². The summed E-state index contributed by atoms with van der Waals surface area (Å²) < 4.78 is 24.7. The fourth-order valence-corrected chi connectivity index (χ4v) is 3.40. The standard InChI is InChI=1S/C13H18BrN3O5/c1-7(18)19-8(6-14)10-9(17-5-4-15-16-17)11-12(20-10)22-13(2,3)21-11/h4-5,8-12H,6H2,1-3H3/t8-,9+,10-,11-,12-/m1/s1. The third-order valence-corrected chi connectivity index (χ3v) is 4.27. The molecule has 0 bridgehead atoms. The Morgan fingerprint density at radius 3 is 2.86 bits per heavy atom. The zero-order chi connectivity index (χ0) is 15.9. The van der Waals surface area contributed by atoms with Crippen molar-refractivity contribution in [3.8, 4) is 0 Å². The molecule has 122 valence electrons. The van der Waals surface area contributed by atoms with Crippen molar-refractivity contribution in [1.29, 1.82) is 0 Å². The highest BCUT2D eigenvalue weighted by atomic mass is 79.9. The van der Waals surface area contributed by atoms with Gasteiger partial charge < -0.3 is 18.9 Å². The van der Waals surface area contributed by atoms with E-state index < -0.39 is 24.3 Å². The molecule has 0 N–H and O–H groups in total. The lowest BCUT2D eigenvalue weighted by molar-refractivity contribution is -0.221. The van der Waals surface area contributed by atoms with Gasteiger partial charge in [-0.3, -0.25) is 4.79 Å². The first-order chi connectivity index (χ1) is 10.4. The van der Waals surface area contributed by atoms with E-state index >= 15 is 0 Å². The summed E-state index contributed by atoms with van der Waals surface area (Å²) in [5.41, 5.74) is 0. The summed E-state index contributed by atoms with van der Waals surface area (Å²) in [4.78, 5) is 11.3. The van der Waals surface area contributed by atoms with Gasteiger partial charge in [0, 0.05) is 18.5 Å². The number of fused-ring (bicyclic) bond motifs is 1. The van der Waals surface area contributed by atoms with E-state index in [1.807, 2.05) is 13.8 Å². The highest BCUT2D eigenvalue weighted by Crippen LogP contribution is 2.44. The van der Waals surface area contributed by atoms with Crippen molar-refractivity contribution in [1.82, 2.24) is 15.0 Å². The first-order valence-electron chi connectivity index (χ1n) is 7.01. The molecule has 0 amide bonds. The van der Waals surface area contributed by atoms with Crippen molar-refractivity contribution < 1.29 is 23.7 Å². The Morgan fingerprint density at radius 2 is 2.27 bits per heavy atom. The Bertz CT molecular complexity index is 538. The van der Waals surface area contributed by atoms with Crippen molar-refractivity contribution in [2.45, 2.75) is 57.2 Å². The molecule has 0 saturated carbocycles. The van der Waals surface area contributed by atoms with Gasteiger partial charge in [-0.05, 0) is 13.8 Å². The van der Waals surface area contributed by atoms with Gasteiger partial charge in [0.05, 0.1) is 6.20 Å². The minimum absolute atomic E-state index is 0.295. The van der Waals surface area contributed by atoms with Crippen LogP contribution in [0.15, 0.2) is 12.4 Å². The molecule has 1 aromatic heterocycles. The highest BCUT2D eigenvalue weighted by molar-refractivity contribution is 9.09. The fraction of sp³-hybridized carbons (Fsp3) is 0.769. The van der Waals surface area contributed by atoms with Gasteiger partial charge in [-0.2, -0.15) is 0 Å². The number of hydrogen-bond acceptors (Lipinski definition) is 7. The average molecular weight is 376 g/mol. The lowest BCUT2D eigenvalue weighted by Crippen LogP contribution is -2.41. The maximum atomic E-state index is 11.3. The van der Waals surface area contributed by atoms with Crippen molar-refractivity contribution >= 4 is 21.9 Å². The Balaban J connectivity index is 1.88. The molecule has 0 radical (unpaired) electrons. The minimum Gasteiger partial charge on any atom is -0.459 e. The molecule has 8 nitrogen and oxygen atoms in total. The van der Waals surface area contributed by atoms with Crippen molar-refractivity contribution in [3.05, 3.63) is 12.4 Å². The maximum absolute atomic E-state index is 11.3. The summed E-state index contributed by atoms with van der Waals surface area (Å²) in [7, 11) is 0. The average Bonchev–Trinajstić information content (AvgIpc) is 3.09. The van der Waals surface area contributed by atoms with Gasteiger partial charge in [-0.1, -0.05) is 21.1 Å². The highest BCUT2D eigenvalue weighted by Gasteiger charge is 2.58. The van der Waals surface area contributed by atoms with Crippen LogP contribution in [0, 0.1) is 0 Å². The van der Waals surface area contributed by atoms with Gasteiger partial charge in [0.15, 0.2) is 12.1 Å². The number of esters is 1. The van der Waals surface area contributed by atoms with E-state index in [0.29, 0.717) is 5.33 Å². The van der Waals surface area contributed by atoms with Gasteiger partial charge in [-0.25, -0.2) is 4.68 Å². The topological polar surface area (TPSA) is 84.7 Å². The fourth-order valence-electron chi connectivity index (χ4n) is 2.90. The second kappa shape index (κ2) is 5.88. The van der Waals surface area contributed by atoms with Crippen molar-refractivity contribution in [2.24, 2.45) is 0 Å². The number of alkyl halides is 1. The van der Waals surface area contributed by atoms with Crippen LogP contribution >= 0.6 is 15.9 Å². The Hall–Kier alpha value is -1.03. The Morgan fingerprint density at radius 1 is 1.50 bits per heavy atom. The molecule has 3 heterocycles. The van der Waals surface area contributed by atoms with E-state index in [9.17, 15) is 4.79 Å². The summed E-state index contributed by atoms with van der Waals surface area (Å²) in [6.45, 7) is 5.03. The zero-order valence-corrected chi connectivity index (χ0v) is 14.1. The number of aromatic nitrogens is 3. The lowest BCUT2D eigenvalue weighted by atomic mass is 10.0. The van der Waals surface area contributed by atoms with Crippen LogP contribution < -0.4 is 0 Å². The molecule has 0 unspecified atom stereocenters. The summed E-state index contributed by atoms with van der Waals surface area (Å²) >= 11 is 3.36. The van der Waals surface area contributed by atoms with E-state index in [4.69, 9.17) is 18.9 Å². The second-order valence-electron chi connectivity index (χ2n) is 5.75. The first kappa shape index (κ1) is 15.9. The zero-order valence-electron chi connectivity index (χ0n) is 12.5. The largest absolute Gasteiger partial charge is 0.459 e. The summed E-state index contributed by atoms with van der Waals surface area (Å²) in [6, 6.07) is -0.295. The molecule has 1 aromatic rings. The van der Waals surface area contributed by atoms with Crippen LogP contribution in [0.3, 0.4) is 0 Å². The van der Waals surface area contributed by atoms with Crippen molar-refractivity contribution in [3.63, 3.8) is 0 Å². The van der Waals surface area contributed by atoms with E-state index in [1.165, 1.54) is 6.92 Å². The molecular formula is C13H18BrN3O5. The number of halogens is 1. The van der Waals surface area contributed by atoms with E-state index in [1.54, 1.807) is 17.1 Å². The number of hydrogen-bond donors (Lipinski definition) is 0. The quantitative estimate of drug-likeness (QED) is 0.573. The number of carbonyl (C=O) groups excluding carboxylic acids is 1. The first-order valence-corrected chi connectivity index (χ1v) is 8.13. The second-order valence-corrected chi connectivity index (χ2v) is 6.39. The van der Waals surface area contributed by atoms with Gasteiger partial charge in [0.2, 0.25) is 0 Å². The van der Waals surface area contributed by atoms with E-state index in [2.05, 4.69) is 26.2 Å². The SMILES string of the molecule is CC(=O)O[C@H](CBr)[C@H]1O[C@@H]2OC(C)(C)O[C@@H]2[C@H]1n1ccnn1. The molecule has 0 spiro atoms. The molecule has 2 aliphatic heterocycles. The Labute approximate surface area is 136 Å². The normalized spacial score (nSPS) is 34.4. The monoisotopic (exact) mass is 375 g/mol. The van der Waals surface area contributed by atoms with Crippen LogP contribution in [0.1, 0.15) is 26.8 Å². The summed E-state index contributed by atoms with van der Waals surface area (Å²) in [5.74, 6) is -1.10. The van der Waals surface area contributed by atoms with Gasteiger partial charge in [0.1, 0.15) is 24.4 Å². The molecule has 0 aromatic carbocycles. The number of nitrogens with zero attached hydrogens (tertiary/aromatic N) is 3. The molecule has 2 saturated heterocycles. The molecule has 5 atom stereocenters. The molecule has 22 heavy (non-hydrogen) atoms. The van der Waals surface area contributed by atoms with Crippen molar-refractivity contribution in [2.75, 3.05) is 5.33 Å². The number of carbonyl (C=O) groups is 1. The molecule has 2 aliphatic rings. The minimum atomic E-state index is -0.732. The molecule has 2 fully saturated rings. The van der Waals surface area contributed by atoms with E-state index in [0.717, 1.165) is 0 Å². The van der Waals surface area contributed by atoms with Crippen LogP contribution in [0.4, 0.5) is 0 Å². The molecule has 9 heteroatoms. The van der Waals surface area contributed by atoms with Gasteiger partial charge >= 0.3 is 5.97 Å². The smallest absolute Gasteiger partial charge is 0.303 e. The molecule has 3 rings (SSSR count). The third kappa shape index (κ3) is 2.90. The summed E-state index contributed by atoms with van der Waals surface area (Å²) in [5, 5.41) is 8.32. The predicted molar refractivity (Wildman–Crippen MR) is 77.1 cm³/mol. The van der Waals surface area contributed by atoms with Crippen LogP contribution in [0.5, 0.6) is 0 Å². The van der Waals surface area contributed by atoms with Gasteiger partial charge in [0.25, 0.3) is 0 Å². The lowest BCUT2D eigenvalue weighted by Gasteiger charge is -2.29. The maximum Gasteiger partial charge on any atom is 0.303 e. The third-order valence-electron chi connectivity index (χ3n) is 3.63. The summed E-state index contributed by atoms with van der Waals surface area (Å²) in [6.07, 6.45) is 1.51.